The highest BCUT2D eigenvalue weighted by Gasteiger charge is 2.26. The summed E-state index contributed by atoms with van der Waals surface area (Å²) < 4.78 is 32.1. The summed E-state index contributed by atoms with van der Waals surface area (Å²) in [6, 6.07) is 2.38. The fraction of sp³-hybridized carbons (Fsp3) is 0.500. The minimum absolute atomic E-state index is 0.476. The summed E-state index contributed by atoms with van der Waals surface area (Å²) >= 11 is 0. The summed E-state index contributed by atoms with van der Waals surface area (Å²) in [5, 5.41) is 12.3. The van der Waals surface area contributed by atoms with E-state index in [0.29, 0.717) is 0 Å². The normalized spacial score (nSPS) is 14.6. The van der Waals surface area contributed by atoms with Crippen molar-refractivity contribution in [1.82, 2.24) is 5.32 Å². The van der Waals surface area contributed by atoms with E-state index in [0.717, 1.165) is 12.1 Å². The molecular formula is C14H19F2NO3. The molecule has 0 unspecified atom stereocenters. The molecule has 4 nitrogen and oxygen atoms in total. The maximum absolute atomic E-state index is 13.5. The van der Waals surface area contributed by atoms with Crippen LogP contribution in [0, 0.1) is 11.6 Å². The summed E-state index contributed by atoms with van der Waals surface area (Å²) in [5.74, 6) is -1.73. The summed E-state index contributed by atoms with van der Waals surface area (Å²) in [4.78, 5) is 11.5. The maximum Gasteiger partial charge on any atom is 0.407 e. The molecule has 0 saturated heterocycles. The zero-order valence-electron chi connectivity index (χ0n) is 11.9. The van der Waals surface area contributed by atoms with E-state index in [9.17, 15) is 18.7 Å². The fourth-order valence-electron chi connectivity index (χ4n) is 1.62. The van der Waals surface area contributed by atoms with Gasteiger partial charge < -0.3 is 15.2 Å². The Balaban J connectivity index is 2.77. The Kier molecular flexibility index (Phi) is 5.05. The molecule has 0 aliphatic carbocycles. The van der Waals surface area contributed by atoms with Crippen molar-refractivity contribution in [2.24, 2.45) is 0 Å². The SMILES string of the molecule is C[C@@H](NC(=O)OC(C)(C)C)[C@@H](O)c1c(F)cccc1F. The van der Waals surface area contributed by atoms with E-state index >= 15 is 0 Å². The van der Waals surface area contributed by atoms with Crippen LogP contribution >= 0.6 is 0 Å². The fourth-order valence-corrected chi connectivity index (χ4v) is 1.62. The smallest absolute Gasteiger partial charge is 0.407 e. The van der Waals surface area contributed by atoms with E-state index in [-0.39, 0.29) is 0 Å². The van der Waals surface area contributed by atoms with Crippen molar-refractivity contribution in [3.05, 3.63) is 35.4 Å². The second kappa shape index (κ2) is 6.17. The second-order valence-electron chi connectivity index (χ2n) is 5.52. The van der Waals surface area contributed by atoms with Gasteiger partial charge in [0.05, 0.1) is 11.6 Å². The van der Waals surface area contributed by atoms with E-state index in [1.165, 1.54) is 13.0 Å². The van der Waals surface area contributed by atoms with Crippen molar-refractivity contribution in [2.75, 3.05) is 0 Å². The minimum atomic E-state index is -1.51. The highest BCUT2D eigenvalue weighted by atomic mass is 19.1. The number of rotatable bonds is 3. The molecule has 6 heteroatoms. The number of ether oxygens (including phenoxy) is 1. The number of hydrogen-bond donors (Lipinski definition) is 2. The number of hydrogen-bond acceptors (Lipinski definition) is 3. The molecule has 1 aromatic carbocycles. The molecule has 0 fully saturated rings. The number of halogens is 2. The molecule has 1 rings (SSSR count). The standard InChI is InChI=1S/C14H19F2NO3/c1-8(17-13(19)20-14(2,3)4)12(18)11-9(15)6-5-7-10(11)16/h5-8,12,18H,1-4H3,(H,17,19)/t8-,12-/m1/s1. The van der Waals surface area contributed by atoms with Gasteiger partial charge in [0.15, 0.2) is 0 Å². The van der Waals surface area contributed by atoms with Crippen LogP contribution in [0.15, 0.2) is 18.2 Å². The number of carbonyl (C=O) groups excluding carboxylic acids is 1. The molecule has 0 aliphatic rings. The van der Waals surface area contributed by atoms with Crippen LogP contribution < -0.4 is 5.32 Å². The summed E-state index contributed by atoms with van der Waals surface area (Å²) in [6.07, 6.45) is -2.27. The largest absolute Gasteiger partial charge is 0.444 e. The summed E-state index contributed by atoms with van der Waals surface area (Å²) in [6.45, 7) is 6.49. The third kappa shape index (κ3) is 4.45. The maximum atomic E-state index is 13.5. The van der Waals surface area contributed by atoms with Gasteiger partial charge in [0.25, 0.3) is 0 Å². The number of benzene rings is 1. The topological polar surface area (TPSA) is 58.6 Å². The Morgan fingerprint density at radius 3 is 2.25 bits per heavy atom. The van der Waals surface area contributed by atoms with Crippen LogP contribution in [0.3, 0.4) is 0 Å². The Hall–Kier alpha value is -1.69. The Morgan fingerprint density at radius 2 is 1.80 bits per heavy atom. The quantitative estimate of drug-likeness (QED) is 0.898. The molecule has 0 aliphatic heterocycles. The Labute approximate surface area is 116 Å². The molecule has 0 aromatic heterocycles. The number of nitrogens with one attached hydrogen (secondary N) is 1. The van der Waals surface area contributed by atoms with Gasteiger partial charge in [0, 0.05) is 0 Å². The summed E-state index contributed by atoms with van der Waals surface area (Å²) in [5.41, 5.74) is -1.17. The van der Waals surface area contributed by atoms with Gasteiger partial charge in [-0.3, -0.25) is 0 Å². The number of aliphatic hydroxyl groups excluding tert-OH is 1. The molecule has 0 spiro atoms. The van der Waals surface area contributed by atoms with Crippen molar-refractivity contribution in [1.29, 1.82) is 0 Å². The monoisotopic (exact) mass is 287 g/mol. The molecule has 1 amide bonds. The number of amides is 1. The van der Waals surface area contributed by atoms with Crippen molar-refractivity contribution in [2.45, 2.75) is 45.4 Å². The van der Waals surface area contributed by atoms with E-state index in [1.54, 1.807) is 20.8 Å². The molecule has 2 N–H and O–H groups in total. The number of alkyl carbamates (subject to hydrolysis) is 1. The molecule has 0 saturated carbocycles. The highest BCUT2D eigenvalue weighted by molar-refractivity contribution is 5.68. The summed E-state index contributed by atoms with van der Waals surface area (Å²) in [7, 11) is 0. The second-order valence-corrected chi connectivity index (χ2v) is 5.52. The van der Waals surface area contributed by atoms with Gasteiger partial charge in [-0.2, -0.15) is 0 Å². The lowest BCUT2D eigenvalue weighted by atomic mass is 10.0. The first-order valence-corrected chi connectivity index (χ1v) is 6.23. The van der Waals surface area contributed by atoms with Crippen LogP contribution in [-0.2, 0) is 4.74 Å². The molecule has 0 radical (unpaired) electrons. The predicted octanol–water partition coefficient (Wildman–Crippen LogP) is 2.91. The first kappa shape index (κ1) is 16.4. The van der Waals surface area contributed by atoms with Crippen LogP contribution in [-0.4, -0.2) is 22.8 Å². The van der Waals surface area contributed by atoms with Crippen LogP contribution in [0.1, 0.15) is 39.4 Å². The molecule has 1 aromatic rings. The van der Waals surface area contributed by atoms with Crippen molar-refractivity contribution < 1.29 is 23.4 Å². The van der Waals surface area contributed by atoms with E-state index in [2.05, 4.69) is 5.32 Å². The Bertz CT molecular complexity index is 466. The molecular weight excluding hydrogens is 268 g/mol. The lowest BCUT2D eigenvalue weighted by molar-refractivity contribution is 0.0429. The van der Waals surface area contributed by atoms with E-state index in [1.807, 2.05) is 0 Å². The number of aliphatic hydroxyl groups is 1. The zero-order chi connectivity index (χ0) is 15.5. The van der Waals surface area contributed by atoms with Crippen LogP contribution in [0.4, 0.5) is 13.6 Å². The van der Waals surface area contributed by atoms with Crippen molar-refractivity contribution >= 4 is 6.09 Å². The van der Waals surface area contributed by atoms with E-state index < -0.39 is 41.0 Å². The van der Waals surface area contributed by atoms with Gasteiger partial charge in [0.2, 0.25) is 0 Å². The highest BCUT2D eigenvalue weighted by Crippen LogP contribution is 2.23. The van der Waals surface area contributed by atoms with E-state index in [4.69, 9.17) is 4.74 Å². The predicted molar refractivity (Wildman–Crippen MR) is 70.1 cm³/mol. The lowest BCUT2D eigenvalue weighted by Gasteiger charge is -2.24. The molecule has 2 atom stereocenters. The third-order valence-electron chi connectivity index (χ3n) is 2.51. The number of carbonyl (C=O) groups is 1. The average Bonchev–Trinajstić information content (AvgIpc) is 2.25. The zero-order valence-corrected chi connectivity index (χ0v) is 11.9. The first-order chi connectivity index (χ1) is 9.11. The molecule has 112 valence electrons. The van der Waals surface area contributed by atoms with Gasteiger partial charge in [-0.15, -0.1) is 0 Å². The van der Waals surface area contributed by atoms with Gasteiger partial charge in [-0.1, -0.05) is 6.07 Å². The van der Waals surface area contributed by atoms with Gasteiger partial charge in [-0.05, 0) is 39.8 Å². The third-order valence-corrected chi connectivity index (χ3v) is 2.51. The van der Waals surface area contributed by atoms with Gasteiger partial charge >= 0.3 is 6.09 Å². The molecule has 20 heavy (non-hydrogen) atoms. The molecule has 0 heterocycles. The van der Waals surface area contributed by atoms with Gasteiger partial charge in [-0.25, -0.2) is 13.6 Å². The Morgan fingerprint density at radius 1 is 1.30 bits per heavy atom. The lowest BCUT2D eigenvalue weighted by Crippen LogP contribution is -2.41. The minimum Gasteiger partial charge on any atom is -0.444 e. The van der Waals surface area contributed by atoms with Gasteiger partial charge in [0.1, 0.15) is 23.3 Å². The van der Waals surface area contributed by atoms with Crippen LogP contribution in [0.25, 0.3) is 0 Å². The average molecular weight is 287 g/mol. The first-order valence-electron chi connectivity index (χ1n) is 6.23. The van der Waals surface area contributed by atoms with Crippen molar-refractivity contribution in [3.63, 3.8) is 0 Å². The molecule has 0 bridgehead atoms. The van der Waals surface area contributed by atoms with Crippen LogP contribution in [0.2, 0.25) is 0 Å². The van der Waals surface area contributed by atoms with Crippen LogP contribution in [0.5, 0.6) is 0 Å². The van der Waals surface area contributed by atoms with Crippen molar-refractivity contribution in [3.8, 4) is 0 Å².